The molecule has 1 fully saturated rings. The molecule has 3 nitrogen and oxygen atoms in total. The van der Waals surface area contributed by atoms with Gasteiger partial charge in [0.2, 0.25) is 0 Å². The Morgan fingerprint density at radius 3 is 2.72 bits per heavy atom. The molecule has 0 amide bonds. The van der Waals surface area contributed by atoms with Gasteiger partial charge in [-0.15, -0.1) is 0 Å². The first-order valence-corrected chi connectivity index (χ1v) is 7.17. The van der Waals surface area contributed by atoms with Gasteiger partial charge in [-0.25, -0.2) is 0 Å². The number of nitrogens with one attached hydrogen (secondary N) is 1. The maximum atomic E-state index is 5.37. The predicted molar refractivity (Wildman–Crippen MR) is 76.1 cm³/mol. The molecule has 1 heterocycles. The lowest BCUT2D eigenvalue weighted by Crippen LogP contribution is -2.36. The van der Waals surface area contributed by atoms with E-state index in [1.54, 1.807) is 7.11 Å². The minimum atomic E-state index is 0.343. The number of hydrogen-bond donors (Lipinski definition) is 1. The summed E-state index contributed by atoms with van der Waals surface area (Å²) in [6, 6.07) is 7.14. The summed E-state index contributed by atoms with van der Waals surface area (Å²) in [6.45, 7) is 3.94. The Morgan fingerprint density at radius 2 is 2.11 bits per heavy atom. The molecule has 18 heavy (non-hydrogen) atoms. The molecule has 0 spiro atoms. The lowest BCUT2D eigenvalue weighted by atomic mass is 10.0. The van der Waals surface area contributed by atoms with Crippen molar-refractivity contribution in [1.82, 2.24) is 5.32 Å². The van der Waals surface area contributed by atoms with Crippen molar-refractivity contribution in [2.75, 3.05) is 20.3 Å². The summed E-state index contributed by atoms with van der Waals surface area (Å²) >= 11 is 3.53. The fraction of sp³-hybridized carbons (Fsp3) is 0.571. The zero-order valence-electron chi connectivity index (χ0n) is 10.9. The summed E-state index contributed by atoms with van der Waals surface area (Å²) in [5, 5.41) is 3.66. The van der Waals surface area contributed by atoms with Crippen molar-refractivity contribution in [3.05, 3.63) is 28.2 Å². The Morgan fingerprint density at radius 1 is 1.39 bits per heavy atom. The van der Waals surface area contributed by atoms with E-state index in [4.69, 9.17) is 9.47 Å². The molecule has 1 aliphatic rings. The van der Waals surface area contributed by atoms with Crippen LogP contribution in [0.3, 0.4) is 0 Å². The van der Waals surface area contributed by atoms with Crippen LogP contribution in [0.25, 0.3) is 0 Å². The largest absolute Gasteiger partial charge is 0.496 e. The van der Waals surface area contributed by atoms with Crippen molar-refractivity contribution in [2.24, 2.45) is 0 Å². The average molecular weight is 314 g/mol. The quantitative estimate of drug-likeness (QED) is 0.925. The Hall–Kier alpha value is -0.580. The van der Waals surface area contributed by atoms with Crippen LogP contribution in [0.15, 0.2) is 22.7 Å². The predicted octanol–water partition coefficient (Wildman–Crippen LogP) is 3.29. The van der Waals surface area contributed by atoms with E-state index in [9.17, 15) is 0 Å². The van der Waals surface area contributed by atoms with Crippen molar-refractivity contribution >= 4 is 15.9 Å². The van der Waals surface area contributed by atoms with Gasteiger partial charge < -0.3 is 14.8 Å². The maximum absolute atomic E-state index is 5.37. The van der Waals surface area contributed by atoms with Crippen LogP contribution in [-0.4, -0.2) is 26.4 Å². The van der Waals surface area contributed by atoms with Gasteiger partial charge in [0.15, 0.2) is 0 Å². The second-order valence-corrected chi connectivity index (χ2v) is 5.52. The summed E-state index contributed by atoms with van der Waals surface area (Å²) in [4.78, 5) is 0. The molecule has 1 saturated heterocycles. The van der Waals surface area contributed by atoms with Crippen molar-refractivity contribution in [2.45, 2.75) is 31.8 Å². The van der Waals surface area contributed by atoms with Gasteiger partial charge in [-0.1, -0.05) is 6.07 Å². The lowest BCUT2D eigenvalue weighted by molar-refractivity contribution is 0.0754. The third-order valence-electron chi connectivity index (χ3n) is 3.38. The molecule has 0 bridgehead atoms. The lowest BCUT2D eigenvalue weighted by Gasteiger charge is -2.27. The van der Waals surface area contributed by atoms with E-state index >= 15 is 0 Å². The molecule has 1 aromatic carbocycles. The molecule has 1 N–H and O–H groups in total. The molecule has 1 aliphatic heterocycles. The van der Waals surface area contributed by atoms with Crippen LogP contribution in [0, 0.1) is 0 Å². The maximum Gasteiger partial charge on any atom is 0.133 e. The van der Waals surface area contributed by atoms with Crippen LogP contribution in [0.2, 0.25) is 0 Å². The SMILES string of the molecule is COc1ccc([C@H](C)NC2CCOCC2)cc1Br. The molecule has 0 radical (unpaired) electrons. The fourth-order valence-corrected chi connectivity index (χ4v) is 2.82. The van der Waals surface area contributed by atoms with E-state index in [-0.39, 0.29) is 0 Å². The molecule has 1 atom stereocenters. The minimum absolute atomic E-state index is 0.343. The van der Waals surface area contributed by atoms with E-state index in [0.717, 1.165) is 36.3 Å². The highest BCUT2D eigenvalue weighted by atomic mass is 79.9. The molecule has 0 unspecified atom stereocenters. The van der Waals surface area contributed by atoms with Gasteiger partial charge in [0, 0.05) is 25.3 Å². The van der Waals surface area contributed by atoms with Crippen LogP contribution < -0.4 is 10.1 Å². The van der Waals surface area contributed by atoms with Crippen LogP contribution in [0.4, 0.5) is 0 Å². The molecular weight excluding hydrogens is 294 g/mol. The van der Waals surface area contributed by atoms with Crippen molar-refractivity contribution in [3.8, 4) is 5.75 Å². The first kappa shape index (κ1) is 13.8. The topological polar surface area (TPSA) is 30.5 Å². The summed E-state index contributed by atoms with van der Waals surface area (Å²) in [7, 11) is 1.68. The van der Waals surface area contributed by atoms with E-state index in [1.807, 2.05) is 6.07 Å². The Labute approximate surface area is 117 Å². The molecule has 4 heteroatoms. The van der Waals surface area contributed by atoms with Gasteiger partial charge in [0.05, 0.1) is 11.6 Å². The summed E-state index contributed by atoms with van der Waals surface area (Å²) < 4.78 is 11.6. The monoisotopic (exact) mass is 313 g/mol. The zero-order valence-corrected chi connectivity index (χ0v) is 12.5. The van der Waals surface area contributed by atoms with Gasteiger partial charge in [-0.3, -0.25) is 0 Å². The van der Waals surface area contributed by atoms with E-state index in [0.29, 0.717) is 12.1 Å². The first-order valence-electron chi connectivity index (χ1n) is 6.38. The minimum Gasteiger partial charge on any atom is -0.496 e. The normalized spacial score (nSPS) is 18.6. The third kappa shape index (κ3) is 3.46. The zero-order chi connectivity index (χ0) is 13.0. The molecule has 2 rings (SSSR count). The standard InChI is InChI=1S/C14H20BrNO2/c1-10(16-12-5-7-18-8-6-12)11-3-4-14(17-2)13(15)9-11/h3-4,9-10,12,16H,5-8H2,1-2H3/t10-/m0/s1. The number of ether oxygens (including phenoxy) is 2. The summed E-state index contributed by atoms with van der Waals surface area (Å²) in [5.41, 5.74) is 1.27. The Kier molecular flexibility index (Phi) is 5.03. The fourth-order valence-electron chi connectivity index (χ4n) is 2.27. The van der Waals surface area contributed by atoms with Crippen molar-refractivity contribution in [3.63, 3.8) is 0 Å². The van der Waals surface area contributed by atoms with E-state index in [1.165, 1.54) is 5.56 Å². The Balaban J connectivity index is 1.99. The first-order chi connectivity index (χ1) is 8.70. The van der Waals surface area contributed by atoms with Crippen LogP contribution in [0.1, 0.15) is 31.4 Å². The summed E-state index contributed by atoms with van der Waals surface area (Å²) in [6.07, 6.45) is 2.20. The number of benzene rings is 1. The van der Waals surface area contributed by atoms with Gasteiger partial charge >= 0.3 is 0 Å². The Bertz CT molecular complexity index is 391. The van der Waals surface area contributed by atoms with Gasteiger partial charge in [-0.2, -0.15) is 0 Å². The van der Waals surface area contributed by atoms with Crippen molar-refractivity contribution in [1.29, 1.82) is 0 Å². The average Bonchev–Trinajstić information content (AvgIpc) is 2.39. The molecule has 100 valence electrons. The van der Waals surface area contributed by atoms with Gasteiger partial charge in [-0.05, 0) is 53.4 Å². The molecule has 0 aliphatic carbocycles. The molecule has 0 saturated carbocycles. The number of halogens is 1. The third-order valence-corrected chi connectivity index (χ3v) is 4.00. The van der Waals surface area contributed by atoms with E-state index in [2.05, 4.69) is 40.3 Å². The molecule has 1 aromatic rings. The highest BCUT2D eigenvalue weighted by molar-refractivity contribution is 9.10. The van der Waals surface area contributed by atoms with Gasteiger partial charge in [0.1, 0.15) is 5.75 Å². The smallest absolute Gasteiger partial charge is 0.133 e. The summed E-state index contributed by atoms with van der Waals surface area (Å²) in [5.74, 6) is 0.872. The highest BCUT2D eigenvalue weighted by Crippen LogP contribution is 2.28. The van der Waals surface area contributed by atoms with Gasteiger partial charge in [0.25, 0.3) is 0 Å². The van der Waals surface area contributed by atoms with Crippen LogP contribution in [-0.2, 0) is 4.74 Å². The van der Waals surface area contributed by atoms with E-state index < -0.39 is 0 Å². The van der Waals surface area contributed by atoms with Crippen LogP contribution >= 0.6 is 15.9 Å². The highest BCUT2D eigenvalue weighted by Gasteiger charge is 2.17. The number of methoxy groups -OCH3 is 1. The second kappa shape index (κ2) is 6.55. The number of rotatable bonds is 4. The molecule has 0 aromatic heterocycles. The van der Waals surface area contributed by atoms with Crippen molar-refractivity contribution < 1.29 is 9.47 Å². The molecular formula is C14H20BrNO2. The number of hydrogen-bond acceptors (Lipinski definition) is 3. The van der Waals surface area contributed by atoms with Crippen LogP contribution in [0.5, 0.6) is 5.75 Å². The second-order valence-electron chi connectivity index (χ2n) is 4.67.